The first-order chi connectivity index (χ1) is 8.63. The van der Waals surface area contributed by atoms with Gasteiger partial charge in [0.25, 0.3) is 0 Å². The fourth-order valence-electron chi connectivity index (χ4n) is 1.44. The Morgan fingerprint density at radius 1 is 1.26 bits per heavy atom. The van der Waals surface area contributed by atoms with E-state index in [2.05, 4.69) is 33.9 Å². The van der Waals surface area contributed by atoms with Crippen molar-refractivity contribution in [3.63, 3.8) is 0 Å². The van der Waals surface area contributed by atoms with Crippen LogP contribution in [0, 0.1) is 6.92 Å². The van der Waals surface area contributed by atoms with E-state index in [1.807, 2.05) is 31.2 Å². The van der Waals surface area contributed by atoms with E-state index in [-0.39, 0.29) is 5.04 Å². The summed E-state index contributed by atoms with van der Waals surface area (Å²) in [6, 6.07) is 5.69. The molecule has 0 radical (unpaired) electrons. The molecule has 1 aromatic rings. The zero-order valence-corrected chi connectivity index (χ0v) is 13.9. The minimum Gasteiger partial charge on any atom is -0.507 e. The Balaban J connectivity index is 2.60. The van der Waals surface area contributed by atoms with Gasteiger partial charge in [0.15, 0.2) is 8.32 Å². The zero-order valence-electron chi connectivity index (χ0n) is 12.9. The van der Waals surface area contributed by atoms with Crippen LogP contribution in [-0.4, -0.2) is 20.0 Å². The van der Waals surface area contributed by atoms with Crippen LogP contribution in [0.2, 0.25) is 18.1 Å². The number of benzene rings is 1. The van der Waals surface area contributed by atoms with E-state index >= 15 is 0 Å². The Morgan fingerprint density at radius 3 is 2.42 bits per heavy atom. The van der Waals surface area contributed by atoms with E-state index in [1.165, 1.54) is 0 Å². The molecule has 0 saturated carbocycles. The lowest BCUT2D eigenvalue weighted by Crippen LogP contribution is -2.40. The Morgan fingerprint density at radius 2 is 1.89 bits per heavy atom. The van der Waals surface area contributed by atoms with Crippen molar-refractivity contribution in [3.8, 4) is 5.75 Å². The molecule has 0 aliphatic carbocycles. The molecule has 106 valence electrons. The lowest BCUT2D eigenvalue weighted by molar-refractivity contribution is 0.328. The smallest absolute Gasteiger partial charge is 0.192 e. The minimum absolute atomic E-state index is 0.229. The maximum absolute atomic E-state index is 9.80. The van der Waals surface area contributed by atoms with Gasteiger partial charge in [-0.3, -0.25) is 0 Å². The van der Waals surface area contributed by atoms with Crippen molar-refractivity contribution in [1.82, 2.24) is 0 Å². The van der Waals surface area contributed by atoms with Crippen LogP contribution in [0.15, 0.2) is 24.3 Å². The molecule has 1 rings (SSSR count). The van der Waals surface area contributed by atoms with E-state index in [9.17, 15) is 5.11 Å². The molecule has 1 N–H and O–H groups in total. The normalized spacial score (nSPS) is 13.2. The highest BCUT2D eigenvalue weighted by atomic mass is 28.4. The lowest BCUT2D eigenvalue weighted by Gasteiger charge is -2.35. The first-order valence-corrected chi connectivity index (χ1v) is 9.64. The van der Waals surface area contributed by atoms with Crippen LogP contribution < -0.4 is 0 Å². The largest absolute Gasteiger partial charge is 0.507 e. The van der Waals surface area contributed by atoms with Crippen molar-refractivity contribution in [1.29, 1.82) is 0 Å². The summed E-state index contributed by atoms with van der Waals surface area (Å²) in [5.41, 5.74) is 1.90. The van der Waals surface area contributed by atoms with Crippen LogP contribution in [-0.2, 0) is 4.43 Å². The molecule has 0 fully saturated rings. The monoisotopic (exact) mass is 278 g/mol. The second-order valence-electron chi connectivity index (χ2n) is 6.54. The number of hydrogen-bond donors (Lipinski definition) is 1. The summed E-state index contributed by atoms with van der Waals surface area (Å²) >= 11 is 0. The van der Waals surface area contributed by atoms with Gasteiger partial charge in [-0.25, -0.2) is 0 Å². The molecule has 19 heavy (non-hydrogen) atoms. The Hall–Kier alpha value is -1.06. The maximum Gasteiger partial charge on any atom is 0.192 e. The average molecular weight is 278 g/mol. The van der Waals surface area contributed by atoms with Crippen LogP contribution in [0.5, 0.6) is 5.75 Å². The van der Waals surface area contributed by atoms with E-state index in [4.69, 9.17) is 4.43 Å². The van der Waals surface area contributed by atoms with E-state index < -0.39 is 8.32 Å². The molecule has 2 nitrogen and oxygen atoms in total. The van der Waals surface area contributed by atoms with Gasteiger partial charge in [-0.15, -0.1) is 0 Å². The minimum atomic E-state index is -1.68. The predicted octanol–water partition coefficient (Wildman–Crippen LogP) is 4.74. The van der Waals surface area contributed by atoms with Gasteiger partial charge >= 0.3 is 0 Å². The second-order valence-corrected chi connectivity index (χ2v) is 11.3. The third-order valence-electron chi connectivity index (χ3n) is 3.83. The third-order valence-corrected chi connectivity index (χ3v) is 8.33. The number of phenolic OH excluding ortho intramolecular Hbond substituents is 1. The van der Waals surface area contributed by atoms with Gasteiger partial charge in [0.1, 0.15) is 5.75 Å². The van der Waals surface area contributed by atoms with Crippen LogP contribution >= 0.6 is 0 Å². The molecule has 0 amide bonds. The van der Waals surface area contributed by atoms with Gasteiger partial charge < -0.3 is 9.53 Å². The number of rotatable bonds is 4. The van der Waals surface area contributed by atoms with Crippen molar-refractivity contribution in [2.75, 3.05) is 6.61 Å². The van der Waals surface area contributed by atoms with Crippen molar-refractivity contribution >= 4 is 14.4 Å². The van der Waals surface area contributed by atoms with Crippen molar-refractivity contribution in [2.45, 2.75) is 45.8 Å². The van der Waals surface area contributed by atoms with Gasteiger partial charge in [0, 0.05) is 5.56 Å². The molecule has 0 bridgehead atoms. The van der Waals surface area contributed by atoms with Gasteiger partial charge in [-0.05, 0) is 36.7 Å². The summed E-state index contributed by atoms with van der Waals surface area (Å²) in [7, 11) is -1.68. The highest BCUT2D eigenvalue weighted by molar-refractivity contribution is 6.74. The van der Waals surface area contributed by atoms with Gasteiger partial charge in [0.05, 0.1) is 6.61 Å². The second kappa shape index (κ2) is 5.93. The summed E-state index contributed by atoms with van der Waals surface area (Å²) < 4.78 is 6.05. The first kappa shape index (κ1) is 16.0. The standard InChI is InChI=1S/C16H26O2Si/c1-13-9-10-14(15(17)12-13)8-7-11-18-19(5,6)16(2,3)4/h7-10,12,17H,11H2,1-6H3/b8-7-. The van der Waals surface area contributed by atoms with Crippen LogP contribution in [0.1, 0.15) is 31.9 Å². The fourth-order valence-corrected chi connectivity index (χ4v) is 2.39. The molecule has 0 heterocycles. The molecular formula is C16H26O2Si. The number of phenols is 1. The van der Waals surface area contributed by atoms with Crippen LogP contribution in [0.4, 0.5) is 0 Å². The summed E-state index contributed by atoms with van der Waals surface area (Å²) in [6.45, 7) is 13.7. The molecule has 0 unspecified atom stereocenters. The zero-order chi connectivity index (χ0) is 14.7. The Kier molecular flexibility index (Phi) is 4.99. The topological polar surface area (TPSA) is 29.5 Å². The maximum atomic E-state index is 9.80. The third kappa shape index (κ3) is 4.51. The average Bonchev–Trinajstić information content (AvgIpc) is 2.25. The molecule has 1 aromatic carbocycles. The van der Waals surface area contributed by atoms with Gasteiger partial charge in [-0.1, -0.05) is 45.1 Å². The highest BCUT2D eigenvalue weighted by Crippen LogP contribution is 2.36. The summed E-state index contributed by atoms with van der Waals surface area (Å²) in [5, 5.41) is 10.0. The van der Waals surface area contributed by atoms with Gasteiger partial charge in [-0.2, -0.15) is 0 Å². The van der Waals surface area contributed by atoms with Gasteiger partial charge in [0.2, 0.25) is 0 Å². The molecule has 0 aromatic heterocycles. The van der Waals surface area contributed by atoms with Crippen molar-refractivity contribution in [2.24, 2.45) is 0 Å². The van der Waals surface area contributed by atoms with E-state index in [0.29, 0.717) is 12.4 Å². The summed E-state index contributed by atoms with van der Waals surface area (Å²) in [6.07, 6.45) is 3.90. The number of aryl methyl sites for hydroxylation is 1. The highest BCUT2D eigenvalue weighted by Gasteiger charge is 2.36. The van der Waals surface area contributed by atoms with Crippen molar-refractivity contribution < 1.29 is 9.53 Å². The molecular weight excluding hydrogens is 252 g/mol. The Bertz CT molecular complexity index is 456. The molecule has 3 heteroatoms. The Labute approximate surface area is 118 Å². The molecule has 0 spiro atoms. The number of hydrogen-bond acceptors (Lipinski definition) is 2. The molecule has 0 saturated heterocycles. The summed E-state index contributed by atoms with van der Waals surface area (Å²) in [5.74, 6) is 0.323. The summed E-state index contributed by atoms with van der Waals surface area (Å²) in [4.78, 5) is 0. The quantitative estimate of drug-likeness (QED) is 0.806. The molecule has 0 aliphatic rings. The first-order valence-electron chi connectivity index (χ1n) is 6.73. The fraction of sp³-hybridized carbons (Fsp3) is 0.500. The van der Waals surface area contributed by atoms with Crippen LogP contribution in [0.3, 0.4) is 0 Å². The SMILES string of the molecule is Cc1ccc(/C=C\CO[Si](C)(C)C(C)(C)C)c(O)c1. The molecule has 0 aliphatic heterocycles. The van der Waals surface area contributed by atoms with Crippen molar-refractivity contribution in [3.05, 3.63) is 35.4 Å². The number of aromatic hydroxyl groups is 1. The van der Waals surface area contributed by atoms with E-state index in [1.54, 1.807) is 6.07 Å². The molecule has 0 atom stereocenters. The van der Waals surface area contributed by atoms with E-state index in [0.717, 1.165) is 11.1 Å². The van der Waals surface area contributed by atoms with Crippen LogP contribution in [0.25, 0.3) is 6.08 Å². The lowest BCUT2D eigenvalue weighted by atomic mass is 10.1. The predicted molar refractivity (Wildman–Crippen MR) is 85.0 cm³/mol.